The van der Waals surface area contributed by atoms with Crippen molar-refractivity contribution >= 4 is 34.1 Å². The second kappa shape index (κ2) is 7.93. The molecular formula is C18H20N6O2S. The summed E-state index contributed by atoms with van der Waals surface area (Å²) in [5.41, 5.74) is 0.973. The molecular weight excluding hydrogens is 364 g/mol. The van der Waals surface area contributed by atoms with E-state index in [-0.39, 0.29) is 5.69 Å². The maximum Gasteiger partial charge on any atom is 0.269 e. The molecule has 4 rings (SSSR count). The number of benzene rings is 1. The Labute approximate surface area is 160 Å². The van der Waals surface area contributed by atoms with Crippen LogP contribution in [0, 0.1) is 10.1 Å². The third-order valence-electron chi connectivity index (χ3n) is 4.66. The largest absolute Gasteiger partial charge is 0.296 e. The SMILES string of the molecule is O=[N+]([O-])c1ccc(/C=C/c2nn3c(CN4CCCCCC4)nnc3s2)cc1. The Morgan fingerprint density at radius 1 is 1.07 bits per heavy atom. The van der Waals surface area contributed by atoms with E-state index in [4.69, 9.17) is 0 Å². The third kappa shape index (κ3) is 4.20. The van der Waals surface area contributed by atoms with Gasteiger partial charge in [0.05, 0.1) is 11.5 Å². The molecule has 2 aromatic heterocycles. The van der Waals surface area contributed by atoms with E-state index in [1.165, 1.54) is 49.2 Å². The smallest absolute Gasteiger partial charge is 0.269 e. The molecule has 8 nitrogen and oxygen atoms in total. The van der Waals surface area contributed by atoms with Crippen molar-refractivity contribution in [1.29, 1.82) is 0 Å². The van der Waals surface area contributed by atoms with Crippen LogP contribution < -0.4 is 0 Å². The molecule has 0 aliphatic carbocycles. The van der Waals surface area contributed by atoms with Crippen LogP contribution in [0.4, 0.5) is 5.69 Å². The Morgan fingerprint density at radius 2 is 1.81 bits per heavy atom. The van der Waals surface area contributed by atoms with Crippen molar-refractivity contribution in [3.05, 3.63) is 50.8 Å². The Balaban J connectivity index is 1.48. The first-order valence-corrected chi connectivity index (χ1v) is 9.87. The van der Waals surface area contributed by atoms with Crippen LogP contribution in [-0.4, -0.2) is 42.7 Å². The summed E-state index contributed by atoms with van der Waals surface area (Å²) >= 11 is 1.48. The van der Waals surface area contributed by atoms with Gasteiger partial charge in [-0.2, -0.15) is 9.61 Å². The second-order valence-electron chi connectivity index (χ2n) is 6.62. The molecule has 140 valence electrons. The number of nitro benzene ring substituents is 1. The lowest BCUT2D eigenvalue weighted by Crippen LogP contribution is -2.25. The molecule has 0 atom stereocenters. The first-order chi connectivity index (χ1) is 13.2. The molecule has 9 heteroatoms. The molecule has 27 heavy (non-hydrogen) atoms. The first-order valence-electron chi connectivity index (χ1n) is 9.05. The van der Waals surface area contributed by atoms with Crippen molar-refractivity contribution in [1.82, 2.24) is 24.7 Å². The summed E-state index contributed by atoms with van der Waals surface area (Å²) < 4.78 is 1.82. The van der Waals surface area contributed by atoms with Gasteiger partial charge in [-0.1, -0.05) is 30.3 Å². The summed E-state index contributed by atoms with van der Waals surface area (Å²) in [4.78, 5) is 13.5. The Kier molecular flexibility index (Phi) is 5.21. The number of hydrogen-bond acceptors (Lipinski definition) is 7. The highest BCUT2D eigenvalue weighted by Crippen LogP contribution is 2.19. The van der Waals surface area contributed by atoms with Crippen LogP contribution in [0.1, 0.15) is 42.1 Å². The van der Waals surface area contributed by atoms with Gasteiger partial charge in [0.15, 0.2) is 5.82 Å². The van der Waals surface area contributed by atoms with E-state index >= 15 is 0 Å². The summed E-state index contributed by atoms with van der Waals surface area (Å²) in [7, 11) is 0. The highest BCUT2D eigenvalue weighted by molar-refractivity contribution is 7.17. The van der Waals surface area contributed by atoms with Gasteiger partial charge in [-0.05, 0) is 49.7 Å². The number of nitrogens with zero attached hydrogens (tertiary/aromatic N) is 6. The zero-order valence-electron chi connectivity index (χ0n) is 14.8. The molecule has 1 aliphatic rings. The molecule has 0 spiro atoms. The molecule has 0 radical (unpaired) electrons. The van der Waals surface area contributed by atoms with E-state index < -0.39 is 4.92 Å². The van der Waals surface area contributed by atoms with Crippen LogP contribution in [0.2, 0.25) is 0 Å². The third-order valence-corrected chi connectivity index (χ3v) is 5.52. The van der Waals surface area contributed by atoms with Gasteiger partial charge in [0.25, 0.3) is 5.69 Å². The van der Waals surface area contributed by atoms with Crippen LogP contribution in [0.25, 0.3) is 17.1 Å². The average molecular weight is 384 g/mol. The zero-order chi connectivity index (χ0) is 18.6. The standard InChI is InChI=1S/C18H20N6O2S/c25-24(26)15-8-5-14(6-9-15)7-10-17-21-23-16(19-20-18(23)27-17)13-22-11-3-1-2-4-12-22/h5-10H,1-4,11-13H2/b10-7+. The molecule has 1 aromatic carbocycles. The van der Waals surface area contributed by atoms with Crippen LogP contribution >= 0.6 is 11.3 Å². The first kappa shape index (κ1) is 17.7. The van der Waals surface area contributed by atoms with Crippen LogP contribution in [0.3, 0.4) is 0 Å². The van der Waals surface area contributed by atoms with Gasteiger partial charge in [-0.3, -0.25) is 15.0 Å². The normalized spacial score (nSPS) is 16.1. The van der Waals surface area contributed by atoms with E-state index in [1.54, 1.807) is 12.1 Å². The topological polar surface area (TPSA) is 89.5 Å². The average Bonchev–Trinajstić information content (AvgIpc) is 3.13. The van der Waals surface area contributed by atoms with Crippen LogP contribution in [-0.2, 0) is 6.54 Å². The summed E-state index contributed by atoms with van der Waals surface area (Å²) in [6.45, 7) is 2.98. The van der Waals surface area contributed by atoms with E-state index in [9.17, 15) is 10.1 Å². The molecule has 0 bridgehead atoms. The molecule has 0 amide bonds. The molecule has 0 N–H and O–H groups in total. The molecule has 0 unspecified atom stereocenters. The number of fused-ring (bicyclic) bond motifs is 1. The van der Waals surface area contributed by atoms with Gasteiger partial charge < -0.3 is 0 Å². The lowest BCUT2D eigenvalue weighted by atomic mass is 10.2. The fourth-order valence-corrected chi connectivity index (χ4v) is 3.97. The van der Waals surface area contributed by atoms with Crippen molar-refractivity contribution < 1.29 is 4.92 Å². The van der Waals surface area contributed by atoms with E-state index in [0.29, 0.717) is 0 Å². The minimum Gasteiger partial charge on any atom is -0.296 e. The molecule has 0 saturated carbocycles. The maximum absolute atomic E-state index is 10.7. The number of rotatable bonds is 5. The van der Waals surface area contributed by atoms with Gasteiger partial charge in [-0.15, -0.1) is 10.2 Å². The minimum absolute atomic E-state index is 0.0871. The van der Waals surface area contributed by atoms with Crippen molar-refractivity contribution in [3.63, 3.8) is 0 Å². The van der Waals surface area contributed by atoms with E-state index in [0.717, 1.165) is 41.0 Å². The molecule has 1 aliphatic heterocycles. The summed E-state index contributed by atoms with van der Waals surface area (Å²) in [5.74, 6) is 0.873. The van der Waals surface area contributed by atoms with Crippen molar-refractivity contribution in [3.8, 4) is 0 Å². The summed E-state index contributed by atoms with van der Waals surface area (Å²) in [6, 6.07) is 6.44. The van der Waals surface area contributed by atoms with Crippen molar-refractivity contribution in [2.45, 2.75) is 32.2 Å². The number of nitro groups is 1. The van der Waals surface area contributed by atoms with Gasteiger partial charge in [-0.25, -0.2) is 0 Å². The number of hydrogen-bond donors (Lipinski definition) is 0. The van der Waals surface area contributed by atoms with Crippen molar-refractivity contribution in [2.24, 2.45) is 0 Å². The highest BCUT2D eigenvalue weighted by atomic mass is 32.1. The Hall–Kier alpha value is -2.65. The fraction of sp³-hybridized carbons (Fsp3) is 0.389. The molecule has 3 heterocycles. The predicted molar refractivity (Wildman–Crippen MR) is 104 cm³/mol. The van der Waals surface area contributed by atoms with Gasteiger partial charge in [0, 0.05) is 12.1 Å². The van der Waals surface area contributed by atoms with Crippen LogP contribution in [0.5, 0.6) is 0 Å². The molecule has 3 aromatic rings. The quantitative estimate of drug-likeness (QED) is 0.493. The summed E-state index contributed by atoms with van der Waals surface area (Å²) in [6.07, 6.45) is 8.88. The number of likely N-dealkylation sites (tertiary alicyclic amines) is 1. The second-order valence-corrected chi connectivity index (χ2v) is 7.61. The van der Waals surface area contributed by atoms with Crippen molar-refractivity contribution in [2.75, 3.05) is 13.1 Å². The highest BCUT2D eigenvalue weighted by Gasteiger charge is 2.15. The van der Waals surface area contributed by atoms with E-state index in [1.807, 2.05) is 16.7 Å². The number of non-ortho nitro benzene ring substituents is 1. The predicted octanol–water partition coefficient (Wildman–Crippen LogP) is 3.64. The molecule has 1 saturated heterocycles. The summed E-state index contributed by atoms with van der Waals surface area (Å²) in [5, 5.41) is 24.7. The monoisotopic (exact) mass is 384 g/mol. The Bertz CT molecular complexity index is 954. The maximum atomic E-state index is 10.7. The van der Waals surface area contributed by atoms with Gasteiger partial charge in [0.2, 0.25) is 4.96 Å². The van der Waals surface area contributed by atoms with Crippen LogP contribution in [0.15, 0.2) is 24.3 Å². The minimum atomic E-state index is -0.401. The lowest BCUT2D eigenvalue weighted by molar-refractivity contribution is -0.384. The lowest BCUT2D eigenvalue weighted by Gasteiger charge is -2.17. The Morgan fingerprint density at radius 3 is 2.52 bits per heavy atom. The van der Waals surface area contributed by atoms with Gasteiger partial charge >= 0.3 is 0 Å². The molecule has 1 fully saturated rings. The zero-order valence-corrected chi connectivity index (χ0v) is 15.6. The van der Waals surface area contributed by atoms with E-state index in [2.05, 4.69) is 20.2 Å². The van der Waals surface area contributed by atoms with Gasteiger partial charge in [0.1, 0.15) is 5.01 Å². The number of aromatic nitrogens is 4. The fourth-order valence-electron chi connectivity index (χ4n) is 3.21.